The molecule has 0 aliphatic heterocycles. The van der Waals surface area contributed by atoms with Crippen molar-refractivity contribution in [1.29, 1.82) is 0 Å². The number of anilines is 1. The monoisotopic (exact) mass is 357 g/mol. The van der Waals surface area contributed by atoms with Crippen molar-refractivity contribution in [1.82, 2.24) is 14.7 Å². The molecule has 2 aromatic heterocycles. The third-order valence-corrected chi connectivity index (χ3v) is 4.20. The van der Waals surface area contributed by atoms with Crippen molar-refractivity contribution in [2.45, 2.75) is 6.42 Å². The van der Waals surface area contributed by atoms with Gasteiger partial charge in [0, 0.05) is 30.1 Å². The second-order valence-corrected chi connectivity index (χ2v) is 7.36. The standard InChI is InChI=1S/C12H15N5O4S2/c1-23(20,21)15-3-2-10(18)17-12-16-9(6-22-12)7-4-8(11(13)19)14-5-7/h4-6,14-15H,2-3H2,1H3,(H2,13,19)(H,16,17,18). The molecule has 0 saturated carbocycles. The van der Waals surface area contributed by atoms with Crippen LogP contribution in [0.25, 0.3) is 11.3 Å². The normalized spacial score (nSPS) is 11.3. The number of rotatable bonds is 7. The van der Waals surface area contributed by atoms with E-state index in [0.29, 0.717) is 16.4 Å². The molecule has 2 heterocycles. The fraction of sp³-hybridized carbons (Fsp3) is 0.250. The number of nitrogens with two attached hydrogens (primary N) is 1. The molecule has 0 unspecified atom stereocenters. The number of thiazole rings is 1. The van der Waals surface area contributed by atoms with Gasteiger partial charge in [0.25, 0.3) is 5.91 Å². The van der Waals surface area contributed by atoms with Crippen molar-refractivity contribution < 1.29 is 18.0 Å². The van der Waals surface area contributed by atoms with Gasteiger partial charge in [0.05, 0.1) is 11.9 Å². The summed E-state index contributed by atoms with van der Waals surface area (Å²) in [4.78, 5) is 29.7. The third-order valence-electron chi connectivity index (χ3n) is 2.71. The lowest BCUT2D eigenvalue weighted by Gasteiger charge is -2.02. The predicted molar refractivity (Wildman–Crippen MR) is 86.5 cm³/mol. The molecule has 0 bridgehead atoms. The Bertz CT molecular complexity index is 824. The molecule has 124 valence electrons. The highest BCUT2D eigenvalue weighted by Crippen LogP contribution is 2.25. The summed E-state index contributed by atoms with van der Waals surface area (Å²) in [7, 11) is -3.31. The molecule has 0 aromatic carbocycles. The molecule has 23 heavy (non-hydrogen) atoms. The molecule has 11 heteroatoms. The van der Waals surface area contributed by atoms with Gasteiger partial charge in [-0.1, -0.05) is 0 Å². The summed E-state index contributed by atoms with van der Waals surface area (Å²) in [6.45, 7) is 0.0165. The number of sulfonamides is 1. The number of aromatic amines is 1. The summed E-state index contributed by atoms with van der Waals surface area (Å²) in [6, 6.07) is 1.57. The van der Waals surface area contributed by atoms with Gasteiger partial charge in [-0.05, 0) is 6.07 Å². The zero-order valence-electron chi connectivity index (χ0n) is 12.1. The number of primary amides is 1. The Kier molecular flexibility index (Phi) is 5.13. The van der Waals surface area contributed by atoms with E-state index in [1.54, 1.807) is 17.6 Å². The number of nitrogens with zero attached hydrogens (tertiary/aromatic N) is 1. The first-order valence-corrected chi connectivity index (χ1v) is 9.20. The molecular weight excluding hydrogens is 342 g/mol. The van der Waals surface area contributed by atoms with Gasteiger partial charge in [-0.3, -0.25) is 9.59 Å². The van der Waals surface area contributed by atoms with Gasteiger partial charge in [0.1, 0.15) is 5.69 Å². The Morgan fingerprint density at radius 3 is 2.78 bits per heavy atom. The largest absolute Gasteiger partial charge is 0.364 e. The maximum absolute atomic E-state index is 11.7. The molecule has 0 saturated heterocycles. The van der Waals surface area contributed by atoms with Crippen LogP contribution in [0, 0.1) is 0 Å². The van der Waals surface area contributed by atoms with Crippen LogP contribution in [0.4, 0.5) is 5.13 Å². The van der Waals surface area contributed by atoms with Gasteiger partial charge < -0.3 is 16.0 Å². The van der Waals surface area contributed by atoms with Crippen LogP contribution in [-0.2, 0) is 14.8 Å². The van der Waals surface area contributed by atoms with Crippen molar-refractivity contribution in [2.24, 2.45) is 5.73 Å². The van der Waals surface area contributed by atoms with E-state index in [2.05, 4.69) is 20.0 Å². The maximum atomic E-state index is 11.7. The number of amides is 2. The maximum Gasteiger partial charge on any atom is 0.265 e. The van der Waals surface area contributed by atoms with Crippen LogP contribution < -0.4 is 15.8 Å². The van der Waals surface area contributed by atoms with Gasteiger partial charge >= 0.3 is 0 Å². The molecule has 0 spiro atoms. The van der Waals surface area contributed by atoms with Crippen LogP contribution in [-0.4, -0.2) is 43.0 Å². The van der Waals surface area contributed by atoms with Gasteiger partial charge in [-0.2, -0.15) is 0 Å². The zero-order valence-corrected chi connectivity index (χ0v) is 13.8. The number of hydrogen-bond acceptors (Lipinski definition) is 6. The van der Waals surface area contributed by atoms with Crippen LogP contribution in [0.5, 0.6) is 0 Å². The summed E-state index contributed by atoms with van der Waals surface area (Å²) in [5.74, 6) is -0.924. The van der Waals surface area contributed by atoms with Gasteiger partial charge in [-0.25, -0.2) is 18.1 Å². The van der Waals surface area contributed by atoms with Gasteiger partial charge in [0.2, 0.25) is 15.9 Å². The SMILES string of the molecule is CS(=O)(=O)NCCC(=O)Nc1nc(-c2c[nH]c(C(N)=O)c2)cs1. The lowest BCUT2D eigenvalue weighted by atomic mass is 10.2. The lowest BCUT2D eigenvalue weighted by Crippen LogP contribution is -2.26. The molecule has 2 rings (SSSR count). The summed E-state index contributed by atoms with van der Waals surface area (Å²) >= 11 is 1.22. The van der Waals surface area contributed by atoms with Crippen LogP contribution in [0.15, 0.2) is 17.6 Å². The number of aromatic nitrogens is 2. The highest BCUT2D eigenvalue weighted by Gasteiger charge is 2.11. The lowest BCUT2D eigenvalue weighted by molar-refractivity contribution is -0.116. The minimum Gasteiger partial charge on any atom is -0.364 e. The molecule has 0 radical (unpaired) electrons. The van der Waals surface area contributed by atoms with Gasteiger partial charge in [-0.15, -0.1) is 11.3 Å². The quantitative estimate of drug-likeness (QED) is 0.555. The van der Waals surface area contributed by atoms with Crippen LogP contribution >= 0.6 is 11.3 Å². The van der Waals surface area contributed by atoms with E-state index in [-0.39, 0.29) is 24.6 Å². The number of carbonyl (C=O) groups is 2. The third kappa shape index (κ3) is 5.16. The minimum atomic E-state index is -3.31. The smallest absolute Gasteiger partial charge is 0.265 e. The molecular formula is C12H15N5O4S2. The average Bonchev–Trinajstić information content (AvgIpc) is 3.04. The number of hydrogen-bond donors (Lipinski definition) is 4. The molecule has 0 aliphatic rings. The first kappa shape index (κ1) is 17.1. The molecule has 0 atom stereocenters. The first-order valence-electron chi connectivity index (χ1n) is 6.43. The van der Waals surface area contributed by atoms with E-state index in [4.69, 9.17) is 5.73 Å². The highest BCUT2D eigenvalue weighted by atomic mass is 32.2. The second kappa shape index (κ2) is 6.89. The number of H-pyrrole nitrogens is 1. The summed E-state index contributed by atoms with van der Waals surface area (Å²) < 4.78 is 24.0. The molecule has 2 amide bonds. The molecule has 5 N–H and O–H groups in total. The zero-order chi connectivity index (χ0) is 17.0. The van der Waals surface area contributed by atoms with E-state index < -0.39 is 15.9 Å². The van der Waals surface area contributed by atoms with Crippen molar-refractivity contribution in [3.8, 4) is 11.3 Å². The Hall–Kier alpha value is -2.24. The predicted octanol–water partition coefficient (Wildman–Crippen LogP) is 0.115. The van der Waals surface area contributed by atoms with E-state index in [0.717, 1.165) is 6.26 Å². The number of nitrogens with one attached hydrogen (secondary N) is 3. The summed E-state index contributed by atoms with van der Waals surface area (Å²) in [6.07, 6.45) is 2.62. The summed E-state index contributed by atoms with van der Waals surface area (Å²) in [5, 5.41) is 4.68. The van der Waals surface area contributed by atoms with E-state index in [9.17, 15) is 18.0 Å². The van der Waals surface area contributed by atoms with E-state index in [1.165, 1.54) is 11.3 Å². The van der Waals surface area contributed by atoms with Crippen molar-refractivity contribution in [2.75, 3.05) is 18.1 Å². The average molecular weight is 357 g/mol. The van der Waals surface area contributed by atoms with Crippen molar-refractivity contribution >= 4 is 38.3 Å². The Balaban J connectivity index is 1.93. The Labute approximate surface area is 136 Å². The van der Waals surface area contributed by atoms with Crippen LogP contribution in [0.2, 0.25) is 0 Å². The summed E-state index contributed by atoms with van der Waals surface area (Å²) in [5.41, 5.74) is 6.69. The topological polar surface area (TPSA) is 147 Å². The van der Waals surface area contributed by atoms with Crippen molar-refractivity contribution in [3.63, 3.8) is 0 Å². The van der Waals surface area contributed by atoms with E-state index in [1.807, 2.05) is 0 Å². The minimum absolute atomic E-state index is 0.00202. The van der Waals surface area contributed by atoms with Crippen molar-refractivity contribution in [3.05, 3.63) is 23.3 Å². The molecule has 9 nitrogen and oxygen atoms in total. The highest BCUT2D eigenvalue weighted by molar-refractivity contribution is 7.88. The Morgan fingerprint density at radius 1 is 1.43 bits per heavy atom. The van der Waals surface area contributed by atoms with Gasteiger partial charge in [0.15, 0.2) is 5.13 Å². The number of carbonyl (C=O) groups excluding carboxylic acids is 2. The molecule has 0 aliphatic carbocycles. The fourth-order valence-corrected chi connectivity index (χ4v) is 2.89. The Morgan fingerprint density at radius 2 is 2.17 bits per heavy atom. The molecule has 0 fully saturated rings. The van der Waals surface area contributed by atoms with Crippen LogP contribution in [0.3, 0.4) is 0 Å². The molecule has 2 aromatic rings. The van der Waals surface area contributed by atoms with Crippen LogP contribution in [0.1, 0.15) is 16.9 Å². The second-order valence-electron chi connectivity index (χ2n) is 4.67. The van der Waals surface area contributed by atoms with E-state index >= 15 is 0 Å². The fourth-order valence-electron chi connectivity index (χ4n) is 1.68. The first-order chi connectivity index (χ1) is 10.7.